The Balaban J connectivity index is 0.000000326. The number of nitrogens with two attached hydrogens (primary N) is 1. The minimum absolute atomic E-state index is 0.242. The van der Waals surface area contributed by atoms with Crippen molar-refractivity contribution in [3.63, 3.8) is 0 Å². The van der Waals surface area contributed by atoms with Gasteiger partial charge >= 0.3 is 0 Å². The summed E-state index contributed by atoms with van der Waals surface area (Å²) < 4.78 is 0. The number of rotatable bonds is 3. The van der Waals surface area contributed by atoms with E-state index in [-0.39, 0.29) is 6.04 Å². The topological polar surface area (TPSA) is 62.5 Å². The first-order valence-electron chi connectivity index (χ1n) is 8.54. The second kappa shape index (κ2) is 9.13. The van der Waals surface area contributed by atoms with Gasteiger partial charge in [-0.3, -0.25) is 4.98 Å². The minimum Gasteiger partial charge on any atom is -0.369 e. The molecule has 1 aliphatic heterocycles. The van der Waals surface area contributed by atoms with Gasteiger partial charge in [0.2, 0.25) is 0 Å². The number of nitrogens with zero attached hydrogens (tertiary/aromatic N) is 3. The Hall–Kier alpha value is -1.69. The molecule has 3 rings (SSSR count). The smallest absolute Gasteiger partial charge is 0.133 e. The van der Waals surface area contributed by atoms with Crippen LogP contribution in [0.2, 0.25) is 5.02 Å². The Morgan fingerprint density at radius 2 is 2.12 bits per heavy atom. The molecule has 2 heterocycles. The van der Waals surface area contributed by atoms with Crippen LogP contribution < -0.4 is 10.6 Å². The molecular formula is C19H27ClN4O. The van der Waals surface area contributed by atoms with Crippen molar-refractivity contribution in [1.82, 2.24) is 9.88 Å². The molecule has 2 unspecified atom stereocenters. The van der Waals surface area contributed by atoms with Crippen LogP contribution in [0.3, 0.4) is 0 Å². The first-order chi connectivity index (χ1) is 11.9. The monoisotopic (exact) mass is 362 g/mol. The van der Waals surface area contributed by atoms with Crippen LogP contribution in [0.4, 0.5) is 5.69 Å². The summed E-state index contributed by atoms with van der Waals surface area (Å²) in [6, 6.07) is 8.28. The molecule has 1 saturated heterocycles. The van der Waals surface area contributed by atoms with E-state index in [4.69, 9.17) is 17.3 Å². The highest BCUT2D eigenvalue weighted by molar-refractivity contribution is 6.35. The molecule has 0 radical (unpaired) electrons. The number of likely N-dealkylation sites (N-methyl/N-ethyl adjacent to an activating group) is 1. The number of aromatic nitrogens is 1. The molecule has 2 N–H and O–H groups in total. The van der Waals surface area contributed by atoms with Crippen LogP contribution in [-0.4, -0.2) is 55.9 Å². The number of anilines is 1. The van der Waals surface area contributed by atoms with Crippen molar-refractivity contribution < 1.29 is 4.79 Å². The van der Waals surface area contributed by atoms with E-state index in [1.165, 1.54) is 5.69 Å². The highest BCUT2D eigenvalue weighted by atomic mass is 35.5. The number of carbonyl (C=O) groups excluding carboxylic acids is 1. The Labute approximate surface area is 154 Å². The van der Waals surface area contributed by atoms with Crippen molar-refractivity contribution in [3.8, 4) is 0 Å². The zero-order valence-corrected chi connectivity index (χ0v) is 15.9. The molecule has 2 atom stereocenters. The summed E-state index contributed by atoms with van der Waals surface area (Å²) in [5.41, 5.74) is 8.20. The molecule has 0 aliphatic carbocycles. The van der Waals surface area contributed by atoms with Gasteiger partial charge in [0.1, 0.15) is 6.29 Å². The van der Waals surface area contributed by atoms with E-state index in [0.717, 1.165) is 36.7 Å². The van der Waals surface area contributed by atoms with Crippen molar-refractivity contribution in [1.29, 1.82) is 0 Å². The Kier molecular flexibility index (Phi) is 7.17. The Bertz CT molecular complexity index is 697. The van der Waals surface area contributed by atoms with Gasteiger partial charge in [-0.15, -0.1) is 0 Å². The number of pyridine rings is 1. The Morgan fingerprint density at radius 3 is 2.72 bits per heavy atom. The van der Waals surface area contributed by atoms with E-state index < -0.39 is 0 Å². The summed E-state index contributed by atoms with van der Waals surface area (Å²) in [6.45, 7) is 4.72. The third kappa shape index (κ3) is 5.39. The molecule has 2 aromatic rings. The third-order valence-electron chi connectivity index (χ3n) is 4.17. The molecule has 0 spiro atoms. The van der Waals surface area contributed by atoms with Gasteiger partial charge in [-0.2, -0.15) is 0 Å². The maximum atomic E-state index is 9.57. The van der Waals surface area contributed by atoms with Gasteiger partial charge in [0, 0.05) is 36.4 Å². The van der Waals surface area contributed by atoms with Crippen LogP contribution in [-0.2, 0) is 4.79 Å². The molecule has 1 fully saturated rings. The van der Waals surface area contributed by atoms with Crippen LogP contribution in [0.1, 0.15) is 13.3 Å². The van der Waals surface area contributed by atoms with E-state index in [1.54, 1.807) is 6.20 Å². The van der Waals surface area contributed by atoms with Crippen molar-refractivity contribution in [2.75, 3.05) is 38.6 Å². The van der Waals surface area contributed by atoms with Gasteiger partial charge < -0.3 is 20.3 Å². The number of hydrogen-bond acceptors (Lipinski definition) is 5. The highest BCUT2D eigenvalue weighted by Crippen LogP contribution is 2.32. The van der Waals surface area contributed by atoms with Crippen molar-refractivity contribution in [3.05, 3.63) is 35.5 Å². The molecule has 136 valence electrons. The number of fused-ring (bicyclic) bond motifs is 1. The first-order valence-corrected chi connectivity index (χ1v) is 8.92. The lowest BCUT2D eigenvalue weighted by atomic mass is 9.95. The van der Waals surface area contributed by atoms with E-state index in [0.29, 0.717) is 17.5 Å². The number of aldehydes is 1. The zero-order chi connectivity index (χ0) is 18.4. The minimum atomic E-state index is 0.242. The van der Waals surface area contributed by atoms with Crippen molar-refractivity contribution in [2.45, 2.75) is 19.4 Å². The highest BCUT2D eigenvalue weighted by Gasteiger charge is 2.23. The first kappa shape index (κ1) is 19.6. The number of carbonyl (C=O) groups is 1. The summed E-state index contributed by atoms with van der Waals surface area (Å²) in [5, 5.41) is 1.81. The predicted molar refractivity (Wildman–Crippen MR) is 105 cm³/mol. The van der Waals surface area contributed by atoms with Gasteiger partial charge in [0.15, 0.2) is 0 Å². The second-order valence-corrected chi connectivity index (χ2v) is 7.31. The van der Waals surface area contributed by atoms with E-state index in [2.05, 4.69) is 28.9 Å². The number of piperidine rings is 1. The maximum Gasteiger partial charge on any atom is 0.133 e. The lowest BCUT2D eigenvalue weighted by molar-refractivity contribution is -0.108. The molecule has 5 nitrogen and oxygen atoms in total. The average Bonchev–Trinajstić information content (AvgIpc) is 2.55. The molecule has 6 heteroatoms. The van der Waals surface area contributed by atoms with Gasteiger partial charge in [0.25, 0.3) is 0 Å². The van der Waals surface area contributed by atoms with Crippen molar-refractivity contribution in [2.24, 2.45) is 11.7 Å². The summed E-state index contributed by atoms with van der Waals surface area (Å²) in [7, 11) is 3.71. The average molecular weight is 363 g/mol. The lowest BCUT2D eigenvalue weighted by Gasteiger charge is -2.37. The molecule has 1 aromatic carbocycles. The van der Waals surface area contributed by atoms with Crippen LogP contribution in [0.15, 0.2) is 30.5 Å². The maximum absolute atomic E-state index is 9.57. The third-order valence-corrected chi connectivity index (χ3v) is 4.47. The molecular weight excluding hydrogens is 336 g/mol. The number of hydrogen-bond donors (Lipinski definition) is 1. The zero-order valence-electron chi connectivity index (χ0n) is 15.2. The van der Waals surface area contributed by atoms with Gasteiger partial charge in [-0.1, -0.05) is 18.5 Å². The predicted octanol–water partition coefficient (Wildman–Crippen LogP) is 2.81. The second-order valence-electron chi connectivity index (χ2n) is 6.90. The lowest BCUT2D eigenvalue weighted by Crippen LogP contribution is -2.46. The van der Waals surface area contributed by atoms with Crippen LogP contribution in [0.5, 0.6) is 0 Å². The standard InChI is InChI=1S/C15H18ClN3.C4H9NO/c1-10-7-11(17)9-19(8-10)14-5-4-13(16)15-12(14)3-2-6-18-15;1-5(2)3-4-6/h2-6,10-11H,7-9,17H2,1H3;4H,3H2,1-2H3. The van der Waals surface area contributed by atoms with Crippen LogP contribution in [0.25, 0.3) is 10.9 Å². The van der Waals surface area contributed by atoms with E-state index in [9.17, 15) is 4.79 Å². The van der Waals surface area contributed by atoms with Gasteiger partial charge in [-0.25, -0.2) is 0 Å². The quantitative estimate of drug-likeness (QED) is 0.851. The SMILES string of the molecule is CC1CC(N)CN(c2ccc(Cl)c3ncccc23)C1.CN(C)CC=O. The van der Waals surface area contributed by atoms with E-state index in [1.807, 2.05) is 31.1 Å². The van der Waals surface area contributed by atoms with Gasteiger partial charge in [0.05, 0.1) is 17.1 Å². The van der Waals surface area contributed by atoms with Crippen molar-refractivity contribution >= 4 is 34.5 Å². The molecule has 0 amide bonds. The molecule has 0 saturated carbocycles. The van der Waals surface area contributed by atoms with Crippen LogP contribution >= 0.6 is 11.6 Å². The summed E-state index contributed by atoms with van der Waals surface area (Å²) >= 11 is 6.22. The fourth-order valence-electron chi connectivity index (χ4n) is 3.14. The Morgan fingerprint density at radius 1 is 1.36 bits per heavy atom. The summed E-state index contributed by atoms with van der Waals surface area (Å²) in [4.78, 5) is 18.1. The molecule has 1 aromatic heterocycles. The largest absolute Gasteiger partial charge is 0.369 e. The number of benzene rings is 1. The summed E-state index contributed by atoms with van der Waals surface area (Å²) in [5.74, 6) is 0.617. The summed E-state index contributed by atoms with van der Waals surface area (Å²) in [6.07, 6.45) is 3.75. The molecule has 0 bridgehead atoms. The van der Waals surface area contributed by atoms with Gasteiger partial charge in [-0.05, 0) is 50.7 Å². The normalized spacial score (nSPS) is 20.3. The van der Waals surface area contributed by atoms with E-state index >= 15 is 0 Å². The molecule has 25 heavy (non-hydrogen) atoms. The molecule has 1 aliphatic rings. The fourth-order valence-corrected chi connectivity index (χ4v) is 3.36. The number of halogens is 1. The van der Waals surface area contributed by atoms with Crippen LogP contribution in [0, 0.1) is 5.92 Å². The fraction of sp³-hybridized carbons (Fsp3) is 0.474.